The van der Waals surface area contributed by atoms with Gasteiger partial charge in [0.05, 0.1) is 16.1 Å². The van der Waals surface area contributed by atoms with Crippen LogP contribution in [0.15, 0.2) is 71.6 Å². The van der Waals surface area contributed by atoms with Crippen molar-refractivity contribution in [3.8, 4) is 0 Å². The molecular weight excluding hydrogens is 448 g/mol. The van der Waals surface area contributed by atoms with E-state index in [1.54, 1.807) is 37.3 Å². The summed E-state index contributed by atoms with van der Waals surface area (Å²) in [6.07, 6.45) is 3.10. The van der Waals surface area contributed by atoms with E-state index in [0.717, 1.165) is 43.6 Å². The van der Waals surface area contributed by atoms with Gasteiger partial charge in [-0.1, -0.05) is 42.5 Å². The molecule has 3 aromatic carbocycles. The van der Waals surface area contributed by atoms with E-state index in [2.05, 4.69) is 33.9 Å². The number of aromatic carboxylic acids is 1. The Bertz CT molecular complexity index is 1280. The summed E-state index contributed by atoms with van der Waals surface area (Å²) in [5.41, 5.74) is 3.56. The van der Waals surface area contributed by atoms with Gasteiger partial charge in [0, 0.05) is 18.8 Å². The van der Waals surface area contributed by atoms with Gasteiger partial charge in [0.2, 0.25) is 0 Å². The summed E-state index contributed by atoms with van der Waals surface area (Å²) in [5, 5.41) is 9.81. The summed E-state index contributed by atoms with van der Waals surface area (Å²) in [6.45, 7) is 5.21. The maximum absolute atomic E-state index is 13.0. The van der Waals surface area contributed by atoms with Gasteiger partial charge in [-0.3, -0.25) is 4.72 Å². The van der Waals surface area contributed by atoms with Crippen molar-refractivity contribution >= 4 is 27.4 Å². The Morgan fingerprint density at radius 3 is 2.38 bits per heavy atom. The molecule has 0 amide bonds. The second-order valence-corrected chi connectivity index (χ2v) is 10.7. The first-order chi connectivity index (χ1) is 16.2. The average molecular weight is 479 g/mol. The number of rotatable bonds is 7. The molecule has 7 heteroatoms. The lowest BCUT2D eigenvalue weighted by atomic mass is 9.90. The number of sulfonamides is 1. The average Bonchev–Trinajstić information content (AvgIpc) is 2.82. The van der Waals surface area contributed by atoms with Crippen molar-refractivity contribution < 1.29 is 18.3 Å². The van der Waals surface area contributed by atoms with Crippen molar-refractivity contribution in [1.29, 1.82) is 0 Å². The molecule has 1 aliphatic heterocycles. The summed E-state index contributed by atoms with van der Waals surface area (Å²) in [7, 11) is -3.92. The van der Waals surface area contributed by atoms with Crippen molar-refractivity contribution in [2.24, 2.45) is 5.92 Å². The van der Waals surface area contributed by atoms with E-state index >= 15 is 0 Å². The van der Waals surface area contributed by atoms with Gasteiger partial charge in [-0.2, -0.15) is 0 Å². The number of anilines is 2. The second kappa shape index (κ2) is 9.89. The lowest BCUT2D eigenvalue weighted by Gasteiger charge is -2.34. The van der Waals surface area contributed by atoms with E-state index in [9.17, 15) is 18.3 Å². The van der Waals surface area contributed by atoms with Crippen LogP contribution in [0, 0.1) is 19.8 Å². The highest BCUT2D eigenvalue weighted by atomic mass is 32.2. The first-order valence-corrected chi connectivity index (χ1v) is 13.0. The number of benzene rings is 3. The van der Waals surface area contributed by atoms with E-state index in [-0.39, 0.29) is 16.1 Å². The van der Waals surface area contributed by atoms with Crippen molar-refractivity contribution in [3.63, 3.8) is 0 Å². The predicted octanol–water partition coefficient (Wildman–Crippen LogP) is 5.26. The number of carboxylic acids is 1. The zero-order valence-electron chi connectivity index (χ0n) is 19.5. The smallest absolute Gasteiger partial charge is 0.337 e. The van der Waals surface area contributed by atoms with Gasteiger partial charge < -0.3 is 10.0 Å². The molecule has 0 bridgehead atoms. The van der Waals surface area contributed by atoms with Crippen LogP contribution in [0.25, 0.3) is 0 Å². The van der Waals surface area contributed by atoms with Crippen LogP contribution >= 0.6 is 0 Å². The normalized spacial score (nSPS) is 14.7. The molecule has 2 N–H and O–H groups in total. The lowest BCUT2D eigenvalue weighted by Crippen LogP contribution is -2.34. The minimum absolute atomic E-state index is 0.0576. The first kappa shape index (κ1) is 23.8. The van der Waals surface area contributed by atoms with Crippen LogP contribution in [0.2, 0.25) is 0 Å². The molecule has 1 saturated heterocycles. The Morgan fingerprint density at radius 1 is 1.00 bits per heavy atom. The molecule has 0 radical (unpaired) electrons. The Labute approximate surface area is 201 Å². The molecule has 0 aromatic heterocycles. The number of carbonyl (C=O) groups is 1. The van der Waals surface area contributed by atoms with Crippen LogP contribution < -0.4 is 9.62 Å². The fourth-order valence-corrected chi connectivity index (χ4v) is 5.94. The third kappa shape index (κ3) is 5.42. The van der Waals surface area contributed by atoms with Crippen LogP contribution in [0.3, 0.4) is 0 Å². The molecular formula is C27H30N2O4S. The fraction of sp³-hybridized carbons (Fsp3) is 0.296. The molecule has 34 heavy (non-hydrogen) atoms. The standard InChI is InChI=1S/C27H30N2O4S/c1-19-8-9-20(2)26(16-19)34(32,33)28-25-11-10-23(18-24(25)27(30)31)29-14-12-22(13-15-29)17-21-6-4-3-5-7-21/h3-11,16,18,22,28H,12-15,17H2,1-2H3,(H,30,31). The van der Waals surface area contributed by atoms with E-state index < -0.39 is 16.0 Å². The minimum atomic E-state index is -3.92. The summed E-state index contributed by atoms with van der Waals surface area (Å²) >= 11 is 0. The number of aryl methyl sites for hydroxylation is 2. The number of nitrogens with one attached hydrogen (secondary N) is 1. The number of nitrogens with zero attached hydrogens (tertiary/aromatic N) is 1. The Hall–Kier alpha value is -3.32. The largest absolute Gasteiger partial charge is 0.478 e. The number of carboxylic acid groups (broad SMARTS) is 1. The molecule has 1 heterocycles. The quantitative estimate of drug-likeness (QED) is 0.484. The number of hydrogen-bond donors (Lipinski definition) is 2. The van der Waals surface area contributed by atoms with Crippen LogP contribution in [0.1, 0.15) is 39.9 Å². The van der Waals surface area contributed by atoms with Gasteiger partial charge >= 0.3 is 5.97 Å². The van der Waals surface area contributed by atoms with Gasteiger partial charge in [-0.15, -0.1) is 0 Å². The summed E-state index contributed by atoms with van der Waals surface area (Å²) in [4.78, 5) is 14.3. The Kier molecular flexibility index (Phi) is 6.93. The van der Waals surface area contributed by atoms with E-state index in [0.29, 0.717) is 11.5 Å². The van der Waals surface area contributed by atoms with Crippen LogP contribution in [-0.4, -0.2) is 32.6 Å². The van der Waals surface area contributed by atoms with Crippen molar-refractivity contribution in [1.82, 2.24) is 0 Å². The monoisotopic (exact) mass is 478 g/mol. The minimum Gasteiger partial charge on any atom is -0.478 e. The van der Waals surface area contributed by atoms with Gasteiger partial charge in [0.1, 0.15) is 0 Å². The SMILES string of the molecule is Cc1ccc(C)c(S(=O)(=O)Nc2ccc(N3CCC(Cc4ccccc4)CC3)cc2C(=O)O)c1. The maximum atomic E-state index is 13.0. The van der Waals surface area contributed by atoms with Crippen LogP contribution in [-0.2, 0) is 16.4 Å². The highest BCUT2D eigenvalue weighted by molar-refractivity contribution is 7.92. The Balaban J connectivity index is 1.50. The zero-order chi connectivity index (χ0) is 24.3. The third-order valence-corrected chi connectivity index (χ3v) is 7.97. The van der Waals surface area contributed by atoms with Crippen LogP contribution in [0.4, 0.5) is 11.4 Å². The highest BCUT2D eigenvalue weighted by Gasteiger charge is 2.24. The molecule has 0 aliphatic carbocycles. The van der Waals surface area contributed by atoms with Crippen molar-refractivity contribution in [2.45, 2.75) is 38.0 Å². The summed E-state index contributed by atoms with van der Waals surface area (Å²) < 4.78 is 28.5. The van der Waals surface area contributed by atoms with Gasteiger partial charge in [0.25, 0.3) is 10.0 Å². The zero-order valence-corrected chi connectivity index (χ0v) is 20.3. The van der Waals surface area contributed by atoms with E-state index in [1.807, 2.05) is 19.1 Å². The number of hydrogen-bond acceptors (Lipinski definition) is 4. The summed E-state index contributed by atoms with van der Waals surface area (Å²) in [6, 6.07) is 20.6. The van der Waals surface area contributed by atoms with Crippen molar-refractivity contribution in [3.05, 3.63) is 89.0 Å². The predicted molar refractivity (Wildman–Crippen MR) is 135 cm³/mol. The third-order valence-electron chi connectivity index (χ3n) is 6.46. The molecule has 6 nitrogen and oxygen atoms in total. The highest BCUT2D eigenvalue weighted by Crippen LogP contribution is 2.30. The van der Waals surface area contributed by atoms with E-state index in [1.165, 1.54) is 5.56 Å². The molecule has 0 spiro atoms. The number of piperidine rings is 1. The van der Waals surface area contributed by atoms with E-state index in [4.69, 9.17) is 0 Å². The topological polar surface area (TPSA) is 86.7 Å². The molecule has 0 unspecified atom stereocenters. The fourth-order valence-electron chi connectivity index (χ4n) is 4.53. The lowest BCUT2D eigenvalue weighted by molar-refractivity contribution is 0.0698. The molecule has 4 rings (SSSR count). The van der Waals surface area contributed by atoms with Gasteiger partial charge in [-0.25, -0.2) is 13.2 Å². The second-order valence-electron chi connectivity index (χ2n) is 9.03. The molecule has 178 valence electrons. The van der Waals surface area contributed by atoms with Gasteiger partial charge in [-0.05, 0) is 80.0 Å². The molecule has 0 atom stereocenters. The molecule has 3 aromatic rings. The maximum Gasteiger partial charge on any atom is 0.337 e. The molecule has 0 saturated carbocycles. The first-order valence-electron chi connectivity index (χ1n) is 11.5. The molecule has 1 aliphatic rings. The molecule has 1 fully saturated rings. The summed E-state index contributed by atoms with van der Waals surface area (Å²) in [5.74, 6) is -0.569. The Morgan fingerprint density at radius 2 is 1.71 bits per heavy atom. The van der Waals surface area contributed by atoms with Crippen LogP contribution in [0.5, 0.6) is 0 Å². The van der Waals surface area contributed by atoms with Crippen molar-refractivity contribution in [2.75, 3.05) is 22.7 Å². The van der Waals surface area contributed by atoms with Gasteiger partial charge in [0.15, 0.2) is 0 Å².